The molecule has 0 bridgehead atoms. The number of anilines is 1. The summed E-state index contributed by atoms with van der Waals surface area (Å²) in [5.74, 6) is 0.977. The predicted octanol–water partition coefficient (Wildman–Crippen LogP) is 4.92. The number of halogens is 1. The maximum Gasteiger partial charge on any atom is 0.165 e. The van der Waals surface area contributed by atoms with Gasteiger partial charge in [0.05, 0.1) is 12.8 Å². The first-order valence-corrected chi connectivity index (χ1v) is 9.82. The fourth-order valence-electron chi connectivity index (χ4n) is 3.06. The van der Waals surface area contributed by atoms with E-state index in [9.17, 15) is 0 Å². The monoisotopic (exact) mass is 411 g/mol. The summed E-state index contributed by atoms with van der Waals surface area (Å²) < 4.78 is 6.91. The molecule has 4 aromatic rings. The van der Waals surface area contributed by atoms with Crippen molar-refractivity contribution in [3.63, 3.8) is 0 Å². The smallest absolute Gasteiger partial charge is 0.165 e. The number of aryl methyl sites for hydroxylation is 2. The van der Waals surface area contributed by atoms with E-state index >= 15 is 0 Å². The van der Waals surface area contributed by atoms with Crippen molar-refractivity contribution in [3.8, 4) is 33.4 Å². The standard InChI is InChI=1S/C20H18ClN5OS/c1-11-4-6-14(12(2)8-11)15-10-28-20(23-15)18-19(22)26(25-24-18)16-9-13(21)5-7-17(16)27-3/h4-10H,22H2,1-3H3. The summed E-state index contributed by atoms with van der Waals surface area (Å²) >= 11 is 7.61. The van der Waals surface area contributed by atoms with E-state index in [0.717, 1.165) is 11.3 Å². The van der Waals surface area contributed by atoms with Gasteiger partial charge in [-0.15, -0.1) is 16.4 Å². The molecule has 142 valence electrons. The second-order valence-electron chi connectivity index (χ2n) is 6.41. The molecule has 4 rings (SSSR count). The molecule has 0 atom stereocenters. The number of nitrogens with two attached hydrogens (primary N) is 1. The Morgan fingerprint density at radius 3 is 2.71 bits per heavy atom. The molecule has 6 nitrogen and oxygen atoms in total. The zero-order chi connectivity index (χ0) is 19.8. The third-order valence-electron chi connectivity index (χ3n) is 4.44. The van der Waals surface area contributed by atoms with Gasteiger partial charge in [-0.2, -0.15) is 4.68 Å². The van der Waals surface area contributed by atoms with E-state index in [1.54, 1.807) is 25.3 Å². The van der Waals surface area contributed by atoms with E-state index in [-0.39, 0.29) is 0 Å². The number of benzene rings is 2. The Hall–Kier alpha value is -2.90. The van der Waals surface area contributed by atoms with E-state index in [2.05, 4.69) is 42.4 Å². The average Bonchev–Trinajstić information content (AvgIpc) is 3.28. The first-order chi connectivity index (χ1) is 13.5. The number of hydrogen-bond donors (Lipinski definition) is 1. The number of ether oxygens (including phenoxy) is 1. The second-order valence-corrected chi connectivity index (χ2v) is 7.70. The fraction of sp³-hybridized carbons (Fsp3) is 0.150. The molecule has 0 spiro atoms. The quantitative estimate of drug-likeness (QED) is 0.515. The maximum atomic E-state index is 6.34. The summed E-state index contributed by atoms with van der Waals surface area (Å²) in [5.41, 5.74) is 11.9. The van der Waals surface area contributed by atoms with Crippen LogP contribution in [0.4, 0.5) is 5.82 Å². The van der Waals surface area contributed by atoms with E-state index in [0.29, 0.717) is 33.0 Å². The highest BCUT2D eigenvalue weighted by atomic mass is 35.5. The van der Waals surface area contributed by atoms with E-state index in [1.807, 2.05) is 5.38 Å². The van der Waals surface area contributed by atoms with Crippen molar-refractivity contribution in [3.05, 3.63) is 57.9 Å². The zero-order valence-electron chi connectivity index (χ0n) is 15.6. The molecule has 0 unspecified atom stereocenters. The summed E-state index contributed by atoms with van der Waals surface area (Å²) in [4.78, 5) is 4.73. The molecule has 0 radical (unpaired) electrons. The van der Waals surface area contributed by atoms with Crippen LogP contribution in [0, 0.1) is 13.8 Å². The first-order valence-electron chi connectivity index (χ1n) is 8.56. The molecular weight excluding hydrogens is 394 g/mol. The summed E-state index contributed by atoms with van der Waals surface area (Å²) in [6.45, 7) is 4.16. The molecule has 28 heavy (non-hydrogen) atoms. The lowest BCUT2D eigenvalue weighted by Crippen LogP contribution is -2.04. The Morgan fingerprint density at radius 2 is 1.96 bits per heavy atom. The van der Waals surface area contributed by atoms with Gasteiger partial charge in [0.25, 0.3) is 0 Å². The Kier molecular flexibility index (Phi) is 4.78. The molecule has 0 aliphatic heterocycles. The summed E-state index contributed by atoms with van der Waals surface area (Å²) in [7, 11) is 1.58. The van der Waals surface area contributed by atoms with Gasteiger partial charge in [0.2, 0.25) is 0 Å². The van der Waals surface area contributed by atoms with Gasteiger partial charge in [0, 0.05) is 16.0 Å². The molecule has 0 fully saturated rings. The molecule has 0 saturated heterocycles. The number of methoxy groups -OCH3 is 1. The van der Waals surface area contributed by atoms with Crippen LogP contribution in [-0.2, 0) is 0 Å². The lowest BCUT2D eigenvalue weighted by molar-refractivity contribution is 0.411. The topological polar surface area (TPSA) is 78.8 Å². The van der Waals surface area contributed by atoms with Gasteiger partial charge in [-0.1, -0.05) is 40.6 Å². The molecule has 0 saturated carbocycles. The molecule has 0 aliphatic carbocycles. The van der Waals surface area contributed by atoms with E-state index < -0.39 is 0 Å². The SMILES string of the molecule is COc1ccc(Cl)cc1-n1nnc(-c2nc(-c3ccc(C)cc3C)cs2)c1N. The Morgan fingerprint density at radius 1 is 1.14 bits per heavy atom. The third-order valence-corrected chi connectivity index (χ3v) is 5.52. The van der Waals surface area contributed by atoms with Crippen LogP contribution in [0.1, 0.15) is 11.1 Å². The van der Waals surface area contributed by atoms with E-state index in [1.165, 1.54) is 27.1 Å². The van der Waals surface area contributed by atoms with Crippen molar-refractivity contribution in [1.29, 1.82) is 0 Å². The van der Waals surface area contributed by atoms with Gasteiger partial charge in [0.15, 0.2) is 11.5 Å². The van der Waals surface area contributed by atoms with Crippen molar-refractivity contribution in [2.45, 2.75) is 13.8 Å². The lowest BCUT2D eigenvalue weighted by atomic mass is 10.0. The molecule has 0 aliphatic rings. The largest absolute Gasteiger partial charge is 0.494 e. The van der Waals surface area contributed by atoms with Crippen molar-refractivity contribution >= 4 is 28.8 Å². The third kappa shape index (κ3) is 3.23. The highest BCUT2D eigenvalue weighted by Gasteiger charge is 2.19. The summed E-state index contributed by atoms with van der Waals surface area (Å²) in [6.07, 6.45) is 0. The van der Waals surface area contributed by atoms with Gasteiger partial charge >= 0.3 is 0 Å². The van der Waals surface area contributed by atoms with Crippen LogP contribution in [0.5, 0.6) is 5.75 Å². The van der Waals surface area contributed by atoms with Crippen LogP contribution in [-0.4, -0.2) is 27.1 Å². The highest BCUT2D eigenvalue weighted by Crippen LogP contribution is 2.34. The van der Waals surface area contributed by atoms with Gasteiger partial charge in [-0.05, 0) is 37.6 Å². The summed E-state index contributed by atoms with van der Waals surface area (Å²) in [6, 6.07) is 11.6. The molecule has 8 heteroatoms. The number of nitrogen functional groups attached to an aromatic ring is 1. The van der Waals surface area contributed by atoms with Crippen LogP contribution in [0.25, 0.3) is 27.6 Å². The van der Waals surface area contributed by atoms with Crippen LogP contribution in [0.3, 0.4) is 0 Å². The lowest BCUT2D eigenvalue weighted by Gasteiger charge is -2.09. The van der Waals surface area contributed by atoms with Gasteiger partial charge in [-0.25, -0.2) is 4.98 Å². The minimum absolute atomic E-state index is 0.377. The van der Waals surface area contributed by atoms with Crippen molar-refractivity contribution in [2.24, 2.45) is 0 Å². The number of thiazole rings is 1. The fourth-order valence-corrected chi connectivity index (χ4v) is 4.03. The molecule has 2 N–H and O–H groups in total. The maximum absolute atomic E-state index is 6.34. The van der Waals surface area contributed by atoms with Gasteiger partial charge in [-0.3, -0.25) is 0 Å². The van der Waals surface area contributed by atoms with E-state index in [4.69, 9.17) is 27.1 Å². The number of rotatable bonds is 4. The Balaban J connectivity index is 1.75. The minimum atomic E-state index is 0.377. The van der Waals surface area contributed by atoms with Crippen molar-refractivity contribution in [2.75, 3.05) is 12.8 Å². The minimum Gasteiger partial charge on any atom is -0.494 e. The number of hydrogen-bond acceptors (Lipinski definition) is 6. The Labute approximate surface area is 171 Å². The van der Waals surface area contributed by atoms with Crippen LogP contribution in [0.15, 0.2) is 41.8 Å². The van der Waals surface area contributed by atoms with Crippen LogP contribution < -0.4 is 10.5 Å². The normalized spacial score (nSPS) is 11.0. The second kappa shape index (κ2) is 7.26. The zero-order valence-corrected chi connectivity index (χ0v) is 17.2. The average molecular weight is 412 g/mol. The predicted molar refractivity (Wildman–Crippen MR) is 113 cm³/mol. The first kappa shape index (κ1) is 18.5. The highest BCUT2D eigenvalue weighted by molar-refractivity contribution is 7.13. The van der Waals surface area contributed by atoms with Crippen molar-refractivity contribution < 1.29 is 4.74 Å². The number of aromatic nitrogens is 4. The molecular formula is C20H18ClN5OS. The Bertz CT molecular complexity index is 1170. The molecule has 0 amide bonds. The van der Waals surface area contributed by atoms with Gasteiger partial charge in [0.1, 0.15) is 16.4 Å². The van der Waals surface area contributed by atoms with Crippen LogP contribution in [0.2, 0.25) is 5.02 Å². The number of nitrogens with zero attached hydrogens (tertiary/aromatic N) is 4. The molecule has 2 aromatic carbocycles. The van der Waals surface area contributed by atoms with Crippen LogP contribution >= 0.6 is 22.9 Å². The summed E-state index contributed by atoms with van der Waals surface area (Å²) in [5, 5.41) is 11.7. The van der Waals surface area contributed by atoms with Crippen molar-refractivity contribution in [1.82, 2.24) is 20.0 Å². The molecule has 2 aromatic heterocycles. The molecule has 2 heterocycles. The van der Waals surface area contributed by atoms with Gasteiger partial charge < -0.3 is 10.5 Å².